The Kier molecular flexibility index (Phi) is 4.32. The molecule has 0 unspecified atom stereocenters. The zero-order chi connectivity index (χ0) is 11.3. The SMILES string of the molecule is [C-]#[N+]CCc1ccc(OC(F)F)c(Cl)c1. The number of halogens is 3. The fourth-order valence-electron chi connectivity index (χ4n) is 1.08. The highest BCUT2D eigenvalue weighted by Crippen LogP contribution is 2.27. The summed E-state index contributed by atoms with van der Waals surface area (Å²) in [6.45, 7) is 4.08. The van der Waals surface area contributed by atoms with Gasteiger partial charge in [0.05, 0.1) is 5.02 Å². The topological polar surface area (TPSA) is 13.6 Å². The first kappa shape index (κ1) is 11.7. The monoisotopic (exact) mass is 231 g/mol. The Morgan fingerprint density at radius 1 is 1.47 bits per heavy atom. The van der Waals surface area contributed by atoms with Crippen molar-refractivity contribution in [3.8, 4) is 5.75 Å². The van der Waals surface area contributed by atoms with Crippen molar-refractivity contribution in [1.82, 2.24) is 0 Å². The normalized spacial score (nSPS) is 10.1. The molecule has 5 heteroatoms. The molecule has 1 rings (SSSR count). The average Bonchev–Trinajstić information content (AvgIpc) is 2.18. The Labute approximate surface area is 91.2 Å². The van der Waals surface area contributed by atoms with E-state index in [1.54, 1.807) is 6.07 Å². The van der Waals surface area contributed by atoms with Crippen LogP contribution in [0.3, 0.4) is 0 Å². The zero-order valence-electron chi connectivity index (χ0n) is 7.71. The van der Waals surface area contributed by atoms with Crippen molar-refractivity contribution >= 4 is 11.6 Å². The van der Waals surface area contributed by atoms with Crippen LogP contribution in [-0.2, 0) is 6.42 Å². The average molecular weight is 232 g/mol. The molecule has 0 aliphatic rings. The van der Waals surface area contributed by atoms with E-state index in [1.165, 1.54) is 12.1 Å². The van der Waals surface area contributed by atoms with E-state index >= 15 is 0 Å². The van der Waals surface area contributed by atoms with E-state index in [2.05, 4.69) is 9.58 Å². The summed E-state index contributed by atoms with van der Waals surface area (Å²) in [4.78, 5) is 3.19. The lowest BCUT2D eigenvalue weighted by atomic mass is 10.1. The lowest BCUT2D eigenvalue weighted by Gasteiger charge is -2.07. The van der Waals surface area contributed by atoms with Gasteiger partial charge in [0.1, 0.15) is 5.75 Å². The Hall–Kier alpha value is -1.34. The maximum atomic E-state index is 11.9. The van der Waals surface area contributed by atoms with E-state index < -0.39 is 6.61 Å². The quantitative estimate of drug-likeness (QED) is 0.724. The molecule has 0 atom stereocenters. The number of nitrogens with zero attached hydrogens (tertiary/aromatic N) is 1. The van der Waals surface area contributed by atoms with Crippen LogP contribution in [0.5, 0.6) is 5.75 Å². The minimum absolute atomic E-state index is 0.0433. The van der Waals surface area contributed by atoms with E-state index in [1.807, 2.05) is 0 Å². The Balaban J connectivity index is 2.75. The fraction of sp³-hybridized carbons (Fsp3) is 0.300. The van der Waals surface area contributed by atoms with Gasteiger partial charge in [-0.1, -0.05) is 17.7 Å². The molecule has 0 radical (unpaired) electrons. The number of hydrogen-bond donors (Lipinski definition) is 0. The lowest BCUT2D eigenvalue weighted by Crippen LogP contribution is -2.02. The van der Waals surface area contributed by atoms with Gasteiger partial charge >= 0.3 is 6.61 Å². The minimum atomic E-state index is -2.88. The van der Waals surface area contributed by atoms with Gasteiger partial charge in [-0.05, 0) is 17.7 Å². The molecule has 0 fully saturated rings. The molecular weight excluding hydrogens is 224 g/mol. The summed E-state index contributed by atoms with van der Waals surface area (Å²) in [5.41, 5.74) is 0.831. The molecule has 0 saturated carbocycles. The summed E-state index contributed by atoms with van der Waals surface area (Å²) in [5, 5.41) is 0.137. The van der Waals surface area contributed by atoms with Crippen LogP contribution in [0.2, 0.25) is 5.02 Å². The summed E-state index contributed by atoms with van der Waals surface area (Å²) < 4.78 is 27.9. The highest BCUT2D eigenvalue weighted by Gasteiger charge is 2.09. The Morgan fingerprint density at radius 3 is 2.73 bits per heavy atom. The third-order valence-corrected chi connectivity index (χ3v) is 2.02. The zero-order valence-corrected chi connectivity index (χ0v) is 8.47. The molecule has 0 aliphatic heterocycles. The van der Waals surface area contributed by atoms with Gasteiger partial charge in [0.2, 0.25) is 6.54 Å². The standard InChI is InChI=1S/C10H8ClF2NO/c1-14-5-4-7-2-3-9(8(11)6-7)15-10(12)13/h2-3,6,10H,4-5H2. The molecule has 0 bridgehead atoms. The second kappa shape index (κ2) is 5.52. The summed E-state index contributed by atoms with van der Waals surface area (Å²) in [7, 11) is 0. The number of benzene rings is 1. The van der Waals surface area contributed by atoms with E-state index in [0.29, 0.717) is 13.0 Å². The molecule has 0 saturated heterocycles. The first-order chi connectivity index (χ1) is 7.13. The van der Waals surface area contributed by atoms with Gasteiger partial charge in [-0.25, -0.2) is 6.57 Å². The van der Waals surface area contributed by atoms with Crippen LogP contribution in [0.4, 0.5) is 8.78 Å². The second-order valence-electron chi connectivity index (χ2n) is 2.77. The molecule has 0 heterocycles. The predicted octanol–water partition coefficient (Wildman–Crippen LogP) is 3.40. The molecule has 2 nitrogen and oxygen atoms in total. The van der Waals surface area contributed by atoms with Gasteiger partial charge in [-0.2, -0.15) is 8.78 Å². The van der Waals surface area contributed by atoms with Crippen LogP contribution < -0.4 is 4.74 Å². The van der Waals surface area contributed by atoms with Crippen LogP contribution in [0.25, 0.3) is 4.85 Å². The summed E-state index contributed by atoms with van der Waals surface area (Å²) in [6, 6.07) is 4.53. The molecular formula is C10H8ClF2NO. The molecule has 1 aromatic carbocycles. The van der Waals surface area contributed by atoms with Crippen LogP contribution in [0.1, 0.15) is 5.56 Å². The summed E-state index contributed by atoms with van der Waals surface area (Å²) >= 11 is 5.72. The summed E-state index contributed by atoms with van der Waals surface area (Å²) in [5.74, 6) is -0.0433. The van der Waals surface area contributed by atoms with Crippen LogP contribution in [0, 0.1) is 6.57 Å². The molecule has 0 aliphatic carbocycles. The maximum Gasteiger partial charge on any atom is 0.387 e. The molecule has 15 heavy (non-hydrogen) atoms. The highest BCUT2D eigenvalue weighted by atomic mass is 35.5. The van der Waals surface area contributed by atoms with E-state index in [4.69, 9.17) is 18.2 Å². The first-order valence-corrected chi connectivity index (χ1v) is 4.57. The first-order valence-electron chi connectivity index (χ1n) is 4.20. The highest BCUT2D eigenvalue weighted by molar-refractivity contribution is 6.32. The molecule has 0 N–H and O–H groups in total. The van der Waals surface area contributed by atoms with Gasteiger partial charge in [0.25, 0.3) is 0 Å². The van der Waals surface area contributed by atoms with E-state index in [0.717, 1.165) is 5.56 Å². The van der Waals surface area contributed by atoms with Crippen molar-refractivity contribution in [2.45, 2.75) is 13.0 Å². The van der Waals surface area contributed by atoms with Gasteiger partial charge in [-0.3, -0.25) is 0 Å². The van der Waals surface area contributed by atoms with Crippen LogP contribution >= 0.6 is 11.6 Å². The molecule has 0 amide bonds. The third kappa shape index (κ3) is 3.72. The van der Waals surface area contributed by atoms with E-state index in [-0.39, 0.29) is 10.8 Å². The van der Waals surface area contributed by atoms with Crippen molar-refractivity contribution in [3.05, 3.63) is 40.2 Å². The molecule has 1 aromatic rings. The smallest absolute Gasteiger partial charge is 0.387 e. The van der Waals surface area contributed by atoms with Crippen molar-refractivity contribution < 1.29 is 13.5 Å². The van der Waals surface area contributed by atoms with Crippen molar-refractivity contribution in [2.75, 3.05) is 6.54 Å². The molecule has 0 aromatic heterocycles. The van der Waals surface area contributed by atoms with Gasteiger partial charge in [-0.15, -0.1) is 0 Å². The Bertz CT molecular complexity index is 376. The molecule has 0 spiro atoms. The second-order valence-corrected chi connectivity index (χ2v) is 3.18. The van der Waals surface area contributed by atoms with Crippen molar-refractivity contribution in [2.24, 2.45) is 0 Å². The predicted molar refractivity (Wildman–Crippen MR) is 53.3 cm³/mol. The number of ether oxygens (including phenoxy) is 1. The van der Waals surface area contributed by atoms with Crippen molar-refractivity contribution in [1.29, 1.82) is 0 Å². The number of alkyl halides is 2. The van der Waals surface area contributed by atoms with Gasteiger partial charge in [0.15, 0.2) is 0 Å². The maximum absolute atomic E-state index is 11.9. The Morgan fingerprint density at radius 2 is 2.20 bits per heavy atom. The van der Waals surface area contributed by atoms with Crippen LogP contribution in [-0.4, -0.2) is 13.2 Å². The fourth-order valence-corrected chi connectivity index (χ4v) is 1.32. The number of rotatable bonds is 4. The number of hydrogen-bond acceptors (Lipinski definition) is 1. The van der Waals surface area contributed by atoms with Gasteiger partial charge < -0.3 is 9.58 Å². The summed E-state index contributed by atoms with van der Waals surface area (Å²) in [6.07, 6.45) is 0.554. The largest absolute Gasteiger partial charge is 0.433 e. The van der Waals surface area contributed by atoms with Gasteiger partial charge in [0, 0.05) is 6.42 Å². The van der Waals surface area contributed by atoms with Crippen LogP contribution in [0.15, 0.2) is 18.2 Å². The third-order valence-electron chi connectivity index (χ3n) is 1.72. The lowest BCUT2D eigenvalue weighted by molar-refractivity contribution is -0.0497. The van der Waals surface area contributed by atoms with Crippen molar-refractivity contribution in [3.63, 3.8) is 0 Å². The minimum Gasteiger partial charge on any atom is -0.433 e. The van der Waals surface area contributed by atoms with E-state index in [9.17, 15) is 8.78 Å². The molecule has 80 valence electrons.